The van der Waals surface area contributed by atoms with E-state index < -0.39 is 0 Å². The van der Waals surface area contributed by atoms with Crippen molar-refractivity contribution >= 4 is 5.78 Å². The maximum absolute atomic E-state index is 9.44. The van der Waals surface area contributed by atoms with Crippen molar-refractivity contribution in [1.82, 2.24) is 15.5 Å². The molecule has 4 fully saturated rings. The van der Waals surface area contributed by atoms with E-state index in [4.69, 9.17) is 9.47 Å². The summed E-state index contributed by atoms with van der Waals surface area (Å²) in [5.41, 5.74) is 2.63. The molecule has 39 heavy (non-hydrogen) atoms. The Morgan fingerprint density at radius 3 is 2.28 bits per heavy atom. The molecule has 7 atom stereocenters. The topological polar surface area (TPSA) is 62.8 Å². The minimum atomic E-state index is 0.167. The molecule has 2 saturated carbocycles. The van der Waals surface area contributed by atoms with Gasteiger partial charge in [0.05, 0.1) is 25.5 Å². The van der Waals surface area contributed by atoms with E-state index >= 15 is 0 Å². The summed E-state index contributed by atoms with van der Waals surface area (Å²) in [5.74, 6) is 3.43. The summed E-state index contributed by atoms with van der Waals surface area (Å²) in [6, 6.07) is 10.2. The van der Waals surface area contributed by atoms with Crippen molar-refractivity contribution in [2.45, 2.75) is 111 Å². The number of piperidine rings is 1. The fraction of sp³-hybridized carbons (Fsp3) is 0.788. The Kier molecular flexibility index (Phi) is 11.8. The molecule has 6 heteroatoms. The van der Waals surface area contributed by atoms with Gasteiger partial charge in [-0.2, -0.15) is 0 Å². The van der Waals surface area contributed by atoms with Crippen LogP contribution in [-0.4, -0.2) is 67.9 Å². The smallest absolute Gasteiger partial charge is 0.126 e. The number of fused-ring (bicyclic) bond motifs is 3. The molecule has 1 aromatic carbocycles. The highest BCUT2D eigenvalue weighted by Gasteiger charge is 2.49. The van der Waals surface area contributed by atoms with Crippen LogP contribution in [0.2, 0.25) is 0 Å². The van der Waals surface area contributed by atoms with Crippen molar-refractivity contribution in [3.05, 3.63) is 35.4 Å². The van der Waals surface area contributed by atoms with Gasteiger partial charge in [0.2, 0.25) is 0 Å². The van der Waals surface area contributed by atoms with Gasteiger partial charge in [0, 0.05) is 25.2 Å². The maximum atomic E-state index is 9.44. The molecule has 220 valence electrons. The lowest BCUT2D eigenvalue weighted by Gasteiger charge is -2.55. The number of hydrogen-bond donors (Lipinski definition) is 2. The molecule has 6 nitrogen and oxygen atoms in total. The molecule has 7 unspecified atom stereocenters. The van der Waals surface area contributed by atoms with Gasteiger partial charge in [0.1, 0.15) is 5.78 Å². The van der Waals surface area contributed by atoms with Crippen LogP contribution in [-0.2, 0) is 20.9 Å². The highest BCUT2D eigenvalue weighted by atomic mass is 16.5. The third-order valence-corrected chi connectivity index (χ3v) is 9.64. The van der Waals surface area contributed by atoms with Crippen molar-refractivity contribution in [2.75, 3.05) is 32.8 Å². The highest BCUT2D eigenvalue weighted by Crippen LogP contribution is 2.47. The lowest BCUT2D eigenvalue weighted by Crippen LogP contribution is -2.68. The van der Waals surface area contributed by atoms with Gasteiger partial charge in [0.15, 0.2) is 0 Å². The first kappa shape index (κ1) is 30.6. The average Bonchev–Trinajstić information content (AvgIpc) is 2.92. The molecule has 2 heterocycles. The van der Waals surface area contributed by atoms with Crippen molar-refractivity contribution in [3.8, 4) is 0 Å². The maximum Gasteiger partial charge on any atom is 0.126 e. The zero-order valence-corrected chi connectivity index (χ0v) is 25.3. The second-order valence-corrected chi connectivity index (χ2v) is 12.8. The SMILES string of the molecule is CC(C)=O.CCOCCN1CCC(C2NC(C)NC3C4CCC(OCc5ccc(C)cc5)CC4CCC23)CC1. The number of aryl methyl sites for hydroxylation is 1. The zero-order chi connectivity index (χ0) is 27.8. The number of ether oxygens (including phenoxy) is 2. The second kappa shape index (κ2) is 15.1. The molecule has 4 aliphatic rings. The number of benzene rings is 1. The molecule has 0 bridgehead atoms. The molecule has 2 aliphatic heterocycles. The molecule has 0 spiro atoms. The Morgan fingerprint density at radius 2 is 1.59 bits per heavy atom. The highest BCUT2D eigenvalue weighted by molar-refractivity contribution is 5.72. The number of carbonyl (C=O) groups is 1. The molecule has 0 radical (unpaired) electrons. The van der Waals surface area contributed by atoms with E-state index in [9.17, 15) is 4.79 Å². The van der Waals surface area contributed by atoms with Crippen LogP contribution >= 0.6 is 0 Å². The van der Waals surface area contributed by atoms with Crippen LogP contribution in [0, 0.1) is 30.6 Å². The van der Waals surface area contributed by atoms with Gasteiger partial charge in [-0.15, -0.1) is 0 Å². The monoisotopic (exact) mass is 541 g/mol. The predicted octanol–water partition coefficient (Wildman–Crippen LogP) is 5.33. The van der Waals surface area contributed by atoms with E-state index in [1.807, 2.05) is 0 Å². The Morgan fingerprint density at radius 1 is 0.923 bits per heavy atom. The molecular formula is C33H55N3O3. The predicted molar refractivity (Wildman–Crippen MR) is 159 cm³/mol. The van der Waals surface area contributed by atoms with E-state index in [1.54, 1.807) is 0 Å². The molecule has 0 aromatic heterocycles. The van der Waals surface area contributed by atoms with Crippen molar-refractivity contribution in [3.63, 3.8) is 0 Å². The zero-order valence-electron chi connectivity index (χ0n) is 25.3. The summed E-state index contributed by atoms with van der Waals surface area (Å²) in [5, 5.41) is 8.05. The van der Waals surface area contributed by atoms with Crippen molar-refractivity contribution in [2.24, 2.45) is 23.7 Å². The quantitative estimate of drug-likeness (QED) is 0.434. The van der Waals surface area contributed by atoms with Crippen LogP contribution < -0.4 is 10.6 Å². The molecule has 5 rings (SSSR count). The summed E-state index contributed by atoms with van der Waals surface area (Å²) >= 11 is 0. The Balaban J connectivity index is 0.000000826. The van der Waals surface area contributed by atoms with E-state index in [1.165, 1.54) is 83.0 Å². The second-order valence-electron chi connectivity index (χ2n) is 12.8. The van der Waals surface area contributed by atoms with Gasteiger partial charge in [-0.05, 0) is 122 Å². The van der Waals surface area contributed by atoms with Crippen LogP contribution in [0.5, 0.6) is 0 Å². The summed E-state index contributed by atoms with van der Waals surface area (Å²) < 4.78 is 12.0. The number of likely N-dealkylation sites (tertiary alicyclic amines) is 1. The van der Waals surface area contributed by atoms with Crippen molar-refractivity contribution < 1.29 is 14.3 Å². The van der Waals surface area contributed by atoms with Gasteiger partial charge in [0.25, 0.3) is 0 Å². The van der Waals surface area contributed by atoms with Crippen LogP contribution in [0.1, 0.15) is 83.8 Å². The van der Waals surface area contributed by atoms with Gasteiger partial charge in [-0.1, -0.05) is 29.8 Å². The molecule has 2 N–H and O–H groups in total. The third kappa shape index (κ3) is 8.84. The molecule has 1 aromatic rings. The molecule has 0 amide bonds. The number of rotatable bonds is 8. The van der Waals surface area contributed by atoms with E-state index in [-0.39, 0.29) is 5.78 Å². The molecular weight excluding hydrogens is 486 g/mol. The van der Waals surface area contributed by atoms with Crippen LogP contribution in [0.3, 0.4) is 0 Å². The summed E-state index contributed by atoms with van der Waals surface area (Å²) in [6.07, 6.45) is 10.1. The number of nitrogens with zero attached hydrogens (tertiary/aromatic N) is 1. The van der Waals surface area contributed by atoms with E-state index in [0.29, 0.717) is 24.4 Å². The lowest BCUT2D eigenvalue weighted by molar-refractivity contribution is -0.115. The number of nitrogens with one attached hydrogen (secondary N) is 2. The minimum Gasteiger partial charge on any atom is -0.380 e. The Hall–Kier alpha value is -1.31. The summed E-state index contributed by atoms with van der Waals surface area (Å²) in [6.45, 7) is 15.7. The number of ketones is 1. The summed E-state index contributed by atoms with van der Waals surface area (Å²) in [7, 11) is 0. The largest absolute Gasteiger partial charge is 0.380 e. The minimum absolute atomic E-state index is 0.167. The lowest BCUT2D eigenvalue weighted by atomic mass is 9.60. The molecule has 2 saturated heterocycles. The van der Waals surface area contributed by atoms with Crippen LogP contribution in [0.15, 0.2) is 24.3 Å². The fourth-order valence-corrected chi connectivity index (χ4v) is 7.76. The van der Waals surface area contributed by atoms with Gasteiger partial charge >= 0.3 is 0 Å². The van der Waals surface area contributed by atoms with Gasteiger partial charge < -0.3 is 19.2 Å². The first-order chi connectivity index (χ1) is 18.8. The van der Waals surface area contributed by atoms with Crippen LogP contribution in [0.25, 0.3) is 0 Å². The Labute approximate surface area is 238 Å². The van der Waals surface area contributed by atoms with Crippen LogP contribution in [0.4, 0.5) is 0 Å². The van der Waals surface area contributed by atoms with E-state index in [0.717, 1.165) is 50.0 Å². The number of carbonyl (C=O) groups excluding carboxylic acids is 1. The first-order valence-corrected chi connectivity index (χ1v) is 15.8. The van der Waals surface area contributed by atoms with E-state index in [2.05, 4.69) is 60.6 Å². The third-order valence-electron chi connectivity index (χ3n) is 9.64. The Bertz CT molecular complexity index is 865. The normalized spacial score (nSPS) is 33.4. The standard InChI is InChI=1S/C30H49N3O2.C3H6O/c1-4-34-18-17-33-15-13-24(14-16-33)29-28-11-9-25-19-26(35-20-23-7-5-21(2)6-8-23)10-12-27(25)30(28)32-22(3)31-29;1-3(2)4/h5-8,22,24-32H,4,9-20H2,1-3H3;1-2H3. The molecule has 2 aliphatic carbocycles. The van der Waals surface area contributed by atoms with Gasteiger partial charge in [-0.25, -0.2) is 0 Å². The number of hydrogen-bond acceptors (Lipinski definition) is 6. The fourth-order valence-electron chi connectivity index (χ4n) is 7.76. The van der Waals surface area contributed by atoms with Crippen molar-refractivity contribution in [1.29, 1.82) is 0 Å². The first-order valence-electron chi connectivity index (χ1n) is 15.8. The van der Waals surface area contributed by atoms with Gasteiger partial charge in [-0.3, -0.25) is 10.6 Å². The average molecular weight is 542 g/mol. The summed E-state index contributed by atoms with van der Waals surface area (Å²) in [4.78, 5) is 12.1. The number of Topliss-reactive ketones (excluding diaryl/α,β-unsaturated/α-hetero) is 1.